The van der Waals surface area contributed by atoms with Crippen molar-refractivity contribution in [2.75, 3.05) is 0 Å². The zero-order chi connectivity index (χ0) is 13.0. The van der Waals surface area contributed by atoms with E-state index in [0.717, 1.165) is 18.4 Å². The van der Waals surface area contributed by atoms with E-state index in [9.17, 15) is 10.1 Å². The minimum absolute atomic E-state index is 0.114. The fourth-order valence-electron chi connectivity index (χ4n) is 1.73. The second-order valence-corrected chi connectivity index (χ2v) is 4.88. The zero-order valence-corrected chi connectivity index (χ0v) is 10.6. The first-order valence-corrected chi connectivity index (χ1v) is 5.92. The van der Waals surface area contributed by atoms with Gasteiger partial charge in [0, 0.05) is 17.7 Å². The molecule has 1 atom stereocenters. The molecule has 17 heavy (non-hydrogen) atoms. The molecule has 0 aliphatic carbocycles. The first kappa shape index (κ1) is 13.6. The lowest BCUT2D eigenvalue weighted by molar-refractivity contribution is -0.385. The lowest BCUT2D eigenvalue weighted by atomic mass is 9.97. The van der Waals surface area contributed by atoms with E-state index in [1.54, 1.807) is 19.1 Å². The van der Waals surface area contributed by atoms with E-state index in [4.69, 9.17) is 5.73 Å². The molecule has 1 aromatic rings. The van der Waals surface area contributed by atoms with Crippen LogP contribution in [0.15, 0.2) is 18.2 Å². The normalized spacial score (nSPS) is 12.8. The van der Waals surface area contributed by atoms with E-state index in [1.807, 2.05) is 6.07 Å². The second-order valence-electron chi connectivity index (χ2n) is 4.88. The molecule has 0 aliphatic rings. The molecule has 0 heterocycles. The average molecular weight is 236 g/mol. The van der Waals surface area contributed by atoms with Crippen molar-refractivity contribution < 1.29 is 4.92 Å². The SMILES string of the molecule is Cc1ccc([C@H](N)CCC(C)C)cc1[N+](=O)[O-]. The molecule has 0 bridgehead atoms. The molecule has 0 saturated heterocycles. The maximum Gasteiger partial charge on any atom is 0.272 e. The molecule has 4 heteroatoms. The summed E-state index contributed by atoms with van der Waals surface area (Å²) in [4.78, 5) is 10.5. The van der Waals surface area contributed by atoms with Crippen molar-refractivity contribution in [3.63, 3.8) is 0 Å². The highest BCUT2D eigenvalue weighted by molar-refractivity contribution is 5.43. The highest BCUT2D eigenvalue weighted by atomic mass is 16.6. The van der Waals surface area contributed by atoms with E-state index in [-0.39, 0.29) is 16.7 Å². The van der Waals surface area contributed by atoms with Crippen LogP contribution >= 0.6 is 0 Å². The number of nitro groups is 1. The highest BCUT2D eigenvalue weighted by Crippen LogP contribution is 2.25. The Bertz CT molecular complexity index is 402. The predicted molar refractivity (Wildman–Crippen MR) is 68.8 cm³/mol. The van der Waals surface area contributed by atoms with Crippen LogP contribution in [0.3, 0.4) is 0 Å². The van der Waals surface area contributed by atoms with Crippen LogP contribution in [0.1, 0.15) is 43.9 Å². The van der Waals surface area contributed by atoms with Crippen molar-refractivity contribution >= 4 is 5.69 Å². The molecule has 0 fully saturated rings. The van der Waals surface area contributed by atoms with Gasteiger partial charge < -0.3 is 5.73 Å². The zero-order valence-electron chi connectivity index (χ0n) is 10.6. The van der Waals surface area contributed by atoms with Crippen molar-refractivity contribution in [2.45, 2.75) is 39.7 Å². The van der Waals surface area contributed by atoms with E-state index in [1.165, 1.54) is 0 Å². The van der Waals surface area contributed by atoms with Crippen LogP contribution in [-0.4, -0.2) is 4.92 Å². The van der Waals surface area contributed by atoms with Crippen molar-refractivity contribution in [1.29, 1.82) is 0 Å². The summed E-state index contributed by atoms with van der Waals surface area (Å²) in [6.45, 7) is 6.02. The largest absolute Gasteiger partial charge is 0.324 e. The van der Waals surface area contributed by atoms with Gasteiger partial charge in [0.15, 0.2) is 0 Å². The van der Waals surface area contributed by atoms with E-state index >= 15 is 0 Å². The number of rotatable bonds is 5. The number of hydrogen-bond acceptors (Lipinski definition) is 3. The molecular formula is C13H20N2O2. The second kappa shape index (κ2) is 5.77. The first-order valence-electron chi connectivity index (χ1n) is 5.92. The van der Waals surface area contributed by atoms with Gasteiger partial charge in [0.1, 0.15) is 0 Å². The van der Waals surface area contributed by atoms with E-state index in [2.05, 4.69) is 13.8 Å². The van der Waals surface area contributed by atoms with Gasteiger partial charge in [-0.15, -0.1) is 0 Å². The lowest BCUT2D eigenvalue weighted by Crippen LogP contribution is -2.11. The fourth-order valence-corrected chi connectivity index (χ4v) is 1.73. The molecular weight excluding hydrogens is 216 g/mol. The predicted octanol–water partition coefficient (Wildman–Crippen LogP) is 3.34. The summed E-state index contributed by atoms with van der Waals surface area (Å²) in [5.41, 5.74) is 7.72. The molecule has 2 N–H and O–H groups in total. The minimum atomic E-state index is -0.353. The van der Waals surface area contributed by atoms with Gasteiger partial charge in [-0.25, -0.2) is 0 Å². The summed E-state index contributed by atoms with van der Waals surface area (Å²) in [5.74, 6) is 0.599. The fraction of sp³-hybridized carbons (Fsp3) is 0.538. The molecule has 0 amide bonds. The number of nitrogens with two attached hydrogens (primary N) is 1. The summed E-state index contributed by atoms with van der Waals surface area (Å²) >= 11 is 0. The third kappa shape index (κ3) is 3.82. The van der Waals surface area contributed by atoms with Gasteiger partial charge in [-0.1, -0.05) is 26.0 Å². The van der Waals surface area contributed by atoms with Crippen LogP contribution < -0.4 is 5.73 Å². The molecule has 0 aromatic heterocycles. The van der Waals surface area contributed by atoms with Gasteiger partial charge in [-0.2, -0.15) is 0 Å². The quantitative estimate of drug-likeness (QED) is 0.629. The van der Waals surface area contributed by atoms with Crippen LogP contribution in [0.2, 0.25) is 0 Å². The van der Waals surface area contributed by atoms with E-state index in [0.29, 0.717) is 11.5 Å². The van der Waals surface area contributed by atoms with Crippen molar-refractivity contribution in [3.8, 4) is 0 Å². The Morgan fingerprint density at radius 2 is 2.00 bits per heavy atom. The molecule has 94 valence electrons. The van der Waals surface area contributed by atoms with E-state index < -0.39 is 0 Å². The van der Waals surface area contributed by atoms with Crippen molar-refractivity contribution in [3.05, 3.63) is 39.4 Å². The molecule has 0 unspecified atom stereocenters. The molecule has 0 spiro atoms. The number of hydrogen-bond donors (Lipinski definition) is 1. The third-order valence-corrected chi connectivity index (χ3v) is 2.91. The minimum Gasteiger partial charge on any atom is -0.324 e. The van der Waals surface area contributed by atoms with Gasteiger partial charge in [0.2, 0.25) is 0 Å². The smallest absolute Gasteiger partial charge is 0.272 e. The first-order chi connectivity index (χ1) is 7.91. The van der Waals surface area contributed by atoms with Crippen molar-refractivity contribution in [2.24, 2.45) is 11.7 Å². The summed E-state index contributed by atoms with van der Waals surface area (Å²) in [6, 6.07) is 5.13. The highest BCUT2D eigenvalue weighted by Gasteiger charge is 2.14. The Kier molecular flexibility index (Phi) is 4.63. The maximum atomic E-state index is 10.8. The lowest BCUT2D eigenvalue weighted by Gasteiger charge is -2.13. The van der Waals surface area contributed by atoms with Crippen LogP contribution in [-0.2, 0) is 0 Å². The standard InChI is InChI=1S/C13H20N2O2/c1-9(2)4-7-12(14)11-6-5-10(3)13(8-11)15(16)17/h5-6,8-9,12H,4,7,14H2,1-3H3/t12-/m1/s1. The Balaban J connectivity index is 2.84. The maximum absolute atomic E-state index is 10.8. The van der Waals surface area contributed by atoms with Gasteiger partial charge in [0.25, 0.3) is 5.69 Å². The molecule has 1 rings (SSSR count). The monoisotopic (exact) mass is 236 g/mol. The van der Waals surface area contributed by atoms with Gasteiger partial charge in [-0.05, 0) is 31.2 Å². The summed E-state index contributed by atoms with van der Waals surface area (Å²) < 4.78 is 0. The van der Waals surface area contributed by atoms with Crippen LogP contribution in [0.5, 0.6) is 0 Å². The number of nitro benzene ring substituents is 1. The summed E-state index contributed by atoms with van der Waals surface area (Å²) in [5, 5.41) is 10.8. The van der Waals surface area contributed by atoms with Crippen molar-refractivity contribution in [1.82, 2.24) is 0 Å². The topological polar surface area (TPSA) is 69.2 Å². The Morgan fingerprint density at radius 3 is 2.53 bits per heavy atom. The van der Waals surface area contributed by atoms with Gasteiger partial charge >= 0.3 is 0 Å². The van der Waals surface area contributed by atoms with Crippen LogP contribution in [0.4, 0.5) is 5.69 Å². The molecule has 0 aliphatic heterocycles. The number of benzene rings is 1. The van der Waals surface area contributed by atoms with Gasteiger partial charge in [0.05, 0.1) is 4.92 Å². The summed E-state index contributed by atoms with van der Waals surface area (Å²) in [6.07, 6.45) is 1.89. The van der Waals surface area contributed by atoms with Crippen LogP contribution in [0, 0.1) is 23.0 Å². The molecule has 0 saturated carbocycles. The van der Waals surface area contributed by atoms with Crippen LogP contribution in [0.25, 0.3) is 0 Å². The van der Waals surface area contributed by atoms with Gasteiger partial charge in [-0.3, -0.25) is 10.1 Å². The molecule has 4 nitrogen and oxygen atoms in total. The molecule has 0 radical (unpaired) electrons. The average Bonchev–Trinajstić information content (AvgIpc) is 2.26. The number of aryl methyl sites for hydroxylation is 1. The Morgan fingerprint density at radius 1 is 1.35 bits per heavy atom. The number of nitrogens with zero attached hydrogens (tertiary/aromatic N) is 1. The Hall–Kier alpha value is -1.42. The third-order valence-electron chi connectivity index (χ3n) is 2.91. The Labute approximate surface area is 102 Å². The molecule has 1 aromatic carbocycles. The summed E-state index contributed by atoms with van der Waals surface area (Å²) in [7, 11) is 0.